The third-order valence-electron chi connectivity index (χ3n) is 2.05. The molecule has 0 bridgehead atoms. The molecule has 0 aliphatic heterocycles. The maximum absolute atomic E-state index is 12.3. The molecule has 18 heavy (non-hydrogen) atoms. The number of rotatable bonds is 3. The van der Waals surface area contributed by atoms with Crippen molar-refractivity contribution in [2.75, 3.05) is 0 Å². The van der Waals surface area contributed by atoms with Crippen molar-refractivity contribution in [1.29, 1.82) is 0 Å². The predicted molar refractivity (Wildman–Crippen MR) is 66.8 cm³/mol. The van der Waals surface area contributed by atoms with Crippen LogP contribution in [0.5, 0.6) is 5.75 Å². The Morgan fingerprint density at radius 2 is 2.00 bits per heavy atom. The Kier molecular flexibility index (Phi) is 4.08. The summed E-state index contributed by atoms with van der Waals surface area (Å²) in [7, 11) is 0. The highest BCUT2D eigenvalue weighted by Gasteiger charge is 2.13. The molecule has 0 aliphatic carbocycles. The van der Waals surface area contributed by atoms with Gasteiger partial charge in [-0.2, -0.15) is 8.78 Å². The average molecular weight is 336 g/mol. The molecule has 0 saturated carbocycles. The zero-order valence-corrected chi connectivity index (χ0v) is 11.1. The van der Waals surface area contributed by atoms with Gasteiger partial charge >= 0.3 is 6.61 Å². The zero-order chi connectivity index (χ0) is 13.1. The lowest BCUT2D eigenvalue weighted by Gasteiger charge is -2.09. The summed E-state index contributed by atoms with van der Waals surface area (Å²) >= 11 is 8.99. The van der Waals surface area contributed by atoms with Gasteiger partial charge in [-0.05, 0) is 28.1 Å². The van der Waals surface area contributed by atoms with E-state index in [1.165, 1.54) is 12.3 Å². The number of hydrogen-bond donors (Lipinski definition) is 0. The number of hydrogen-bond acceptors (Lipinski definition) is 3. The first-order valence-electron chi connectivity index (χ1n) is 4.80. The SMILES string of the molecule is FC(F)Oc1ccccc1-c1ncc(Br)c(Cl)n1. The van der Waals surface area contributed by atoms with Crippen LogP contribution in [-0.4, -0.2) is 16.6 Å². The van der Waals surface area contributed by atoms with Crippen LogP contribution in [0.2, 0.25) is 5.15 Å². The maximum Gasteiger partial charge on any atom is 0.387 e. The second kappa shape index (κ2) is 5.58. The van der Waals surface area contributed by atoms with E-state index in [1.807, 2.05) is 0 Å². The molecule has 0 spiro atoms. The molecule has 0 unspecified atom stereocenters. The summed E-state index contributed by atoms with van der Waals surface area (Å²) < 4.78 is 29.5. The van der Waals surface area contributed by atoms with Crippen molar-refractivity contribution in [3.63, 3.8) is 0 Å². The second-order valence-electron chi connectivity index (χ2n) is 3.21. The number of alkyl halides is 2. The normalized spacial score (nSPS) is 10.7. The molecule has 1 heterocycles. The van der Waals surface area contributed by atoms with Gasteiger partial charge in [-0.1, -0.05) is 23.7 Å². The second-order valence-corrected chi connectivity index (χ2v) is 4.42. The van der Waals surface area contributed by atoms with E-state index in [0.717, 1.165) is 0 Å². The van der Waals surface area contributed by atoms with E-state index in [0.29, 0.717) is 10.0 Å². The van der Waals surface area contributed by atoms with Gasteiger partial charge in [0.1, 0.15) is 10.9 Å². The summed E-state index contributed by atoms with van der Waals surface area (Å²) in [6.07, 6.45) is 1.45. The Morgan fingerprint density at radius 3 is 2.67 bits per heavy atom. The molecule has 0 amide bonds. The molecule has 1 aromatic carbocycles. The standard InChI is InChI=1S/C11H6BrClF2N2O/c12-7-5-16-10(17-9(7)13)6-3-1-2-4-8(6)18-11(14)15/h1-5,11H. The Labute approximate surface area is 115 Å². The van der Waals surface area contributed by atoms with Crippen molar-refractivity contribution in [3.8, 4) is 17.1 Å². The van der Waals surface area contributed by atoms with Crippen LogP contribution in [0.1, 0.15) is 0 Å². The number of aromatic nitrogens is 2. The third kappa shape index (κ3) is 2.94. The van der Waals surface area contributed by atoms with E-state index in [2.05, 4.69) is 30.6 Å². The summed E-state index contributed by atoms with van der Waals surface area (Å²) in [6.45, 7) is -2.91. The van der Waals surface area contributed by atoms with E-state index in [9.17, 15) is 8.78 Å². The topological polar surface area (TPSA) is 35.0 Å². The minimum atomic E-state index is -2.91. The van der Waals surface area contributed by atoms with Gasteiger partial charge in [0.2, 0.25) is 0 Å². The van der Waals surface area contributed by atoms with Gasteiger partial charge < -0.3 is 4.74 Å². The number of nitrogens with zero attached hydrogens (tertiary/aromatic N) is 2. The smallest absolute Gasteiger partial charge is 0.387 e. The quantitative estimate of drug-likeness (QED) is 0.790. The fourth-order valence-electron chi connectivity index (χ4n) is 1.33. The van der Waals surface area contributed by atoms with Crippen LogP contribution in [0.15, 0.2) is 34.9 Å². The summed E-state index contributed by atoms with van der Waals surface area (Å²) in [5.74, 6) is 0.227. The monoisotopic (exact) mass is 334 g/mol. The molecule has 3 nitrogen and oxygen atoms in total. The number of ether oxygens (including phenoxy) is 1. The zero-order valence-electron chi connectivity index (χ0n) is 8.78. The molecule has 0 fully saturated rings. The minimum Gasteiger partial charge on any atom is -0.434 e. The van der Waals surface area contributed by atoms with Crippen molar-refractivity contribution < 1.29 is 13.5 Å². The van der Waals surface area contributed by atoms with Gasteiger partial charge in [0.25, 0.3) is 0 Å². The van der Waals surface area contributed by atoms with Crippen molar-refractivity contribution in [2.24, 2.45) is 0 Å². The van der Waals surface area contributed by atoms with E-state index in [-0.39, 0.29) is 16.7 Å². The van der Waals surface area contributed by atoms with Gasteiger partial charge in [-0.3, -0.25) is 0 Å². The summed E-state index contributed by atoms with van der Waals surface area (Å²) in [4.78, 5) is 8.00. The van der Waals surface area contributed by atoms with Gasteiger partial charge in [-0.15, -0.1) is 0 Å². The van der Waals surface area contributed by atoms with Crippen molar-refractivity contribution in [3.05, 3.63) is 40.1 Å². The Balaban J connectivity index is 2.46. The van der Waals surface area contributed by atoms with Crippen molar-refractivity contribution in [1.82, 2.24) is 9.97 Å². The van der Waals surface area contributed by atoms with Crippen LogP contribution in [0.4, 0.5) is 8.78 Å². The van der Waals surface area contributed by atoms with Crippen molar-refractivity contribution in [2.45, 2.75) is 6.61 Å². The van der Waals surface area contributed by atoms with Crippen LogP contribution >= 0.6 is 27.5 Å². The molecule has 0 aliphatic rings. The summed E-state index contributed by atoms with van der Waals surface area (Å²) in [6, 6.07) is 6.26. The number of benzene rings is 1. The molecule has 0 N–H and O–H groups in total. The predicted octanol–water partition coefficient (Wildman–Crippen LogP) is 4.16. The molecule has 94 valence electrons. The van der Waals surface area contributed by atoms with Crippen LogP contribution in [0.25, 0.3) is 11.4 Å². The Bertz CT molecular complexity index is 568. The van der Waals surface area contributed by atoms with Gasteiger partial charge in [0.15, 0.2) is 5.82 Å². The highest BCUT2D eigenvalue weighted by molar-refractivity contribution is 9.10. The lowest BCUT2D eigenvalue weighted by molar-refractivity contribution is -0.0494. The summed E-state index contributed by atoms with van der Waals surface area (Å²) in [5, 5.41) is 0.201. The Morgan fingerprint density at radius 1 is 1.28 bits per heavy atom. The van der Waals surface area contributed by atoms with Gasteiger partial charge in [-0.25, -0.2) is 9.97 Å². The first kappa shape index (κ1) is 13.2. The summed E-state index contributed by atoms with van der Waals surface area (Å²) in [5.41, 5.74) is 0.354. The average Bonchev–Trinajstić information content (AvgIpc) is 2.33. The highest BCUT2D eigenvalue weighted by atomic mass is 79.9. The molecule has 7 heteroatoms. The molecule has 0 radical (unpaired) electrons. The fraction of sp³-hybridized carbons (Fsp3) is 0.0909. The van der Waals surface area contributed by atoms with Crippen LogP contribution in [-0.2, 0) is 0 Å². The minimum absolute atomic E-state index is 0.00545. The van der Waals surface area contributed by atoms with Crippen LogP contribution < -0.4 is 4.74 Å². The van der Waals surface area contributed by atoms with Crippen molar-refractivity contribution >= 4 is 27.5 Å². The highest BCUT2D eigenvalue weighted by Crippen LogP contribution is 2.30. The first-order valence-corrected chi connectivity index (χ1v) is 5.97. The van der Waals surface area contributed by atoms with E-state index < -0.39 is 6.61 Å². The molecule has 0 saturated heterocycles. The van der Waals surface area contributed by atoms with Crippen LogP contribution in [0.3, 0.4) is 0 Å². The lowest BCUT2D eigenvalue weighted by atomic mass is 10.2. The number of halogens is 4. The fourth-order valence-corrected chi connectivity index (χ4v) is 1.65. The molecule has 2 aromatic rings. The van der Waals surface area contributed by atoms with Gasteiger partial charge in [0.05, 0.1) is 10.0 Å². The van der Waals surface area contributed by atoms with E-state index in [4.69, 9.17) is 11.6 Å². The maximum atomic E-state index is 12.3. The molecular weight excluding hydrogens is 329 g/mol. The molecular formula is C11H6BrClF2N2O. The van der Waals surface area contributed by atoms with Crippen LogP contribution in [0, 0.1) is 0 Å². The van der Waals surface area contributed by atoms with E-state index in [1.54, 1.807) is 18.2 Å². The Hall–Kier alpha value is -1.27. The first-order chi connectivity index (χ1) is 8.58. The van der Waals surface area contributed by atoms with Gasteiger partial charge in [0, 0.05) is 6.20 Å². The lowest BCUT2D eigenvalue weighted by Crippen LogP contribution is -2.03. The third-order valence-corrected chi connectivity index (χ3v) is 3.14. The number of para-hydroxylation sites is 1. The molecule has 2 rings (SSSR count). The molecule has 1 aromatic heterocycles. The van der Waals surface area contributed by atoms with E-state index >= 15 is 0 Å². The largest absolute Gasteiger partial charge is 0.434 e. The molecule has 0 atom stereocenters.